The molecular weight excluding hydrogens is 396 g/mol. The highest BCUT2D eigenvalue weighted by atomic mass is 32.1. The van der Waals surface area contributed by atoms with Gasteiger partial charge >= 0.3 is 0 Å². The number of thiophene rings is 1. The quantitative estimate of drug-likeness (QED) is 0.543. The monoisotopic (exact) mass is 411 g/mol. The first-order chi connectivity index (χ1) is 13.9. The number of nitrogens with zero attached hydrogens (tertiary/aromatic N) is 2. The SMILES string of the molecule is Cc1ccc(-c2csc3ncn(CC(=O)Nc4ccc(F)cc4F)c(=O)c23)cc1. The Morgan fingerprint density at radius 3 is 2.66 bits per heavy atom. The number of hydrogen-bond acceptors (Lipinski definition) is 4. The highest BCUT2D eigenvalue weighted by Crippen LogP contribution is 2.30. The molecule has 0 unspecified atom stereocenters. The lowest BCUT2D eigenvalue weighted by atomic mass is 10.1. The fourth-order valence-corrected chi connectivity index (χ4v) is 3.87. The molecule has 2 aromatic heterocycles. The van der Waals surface area contributed by atoms with E-state index in [1.54, 1.807) is 0 Å². The molecule has 0 radical (unpaired) electrons. The van der Waals surface area contributed by atoms with Gasteiger partial charge in [-0.1, -0.05) is 29.8 Å². The molecule has 0 aliphatic heterocycles. The number of hydrogen-bond donors (Lipinski definition) is 1. The number of amides is 1. The Labute approximate surface area is 168 Å². The van der Waals surface area contributed by atoms with Crippen LogP contribution in [-0.4, -0.2) is 15.5 Å². The average molecular weight is 411 g/mol. The summed E-state index contributed by atoms with van der Waals surface area (Å²) in [7, 11) is 0. The molecule has 4 aromatic rings. The Balaban J connectivity index is 1.65. The summed E-state index contributed by atoms with van der Waals surface area (Å²) < 4.78 is 27.9. The van der Waals surface area contributed by atoms with Crippen molar-refractivity contribution in [3.05, 3.63) is 81.7 Å². The van der Waals surface area contributed by atoms with Gasteiger partial charge in [0.25, 0.3) is 5.56 Å². The van der Waals surface area contributed by atoms with Gasteiger partial charge in [0.15, 0.2) is 0 Å². The standard InChI is InChI=1S/C21H15F2N3O2S/c1-12-2-4-13(5-3-12)15-10-29-20-19(15)21(28)26(11-24-20)9-18(27)25-17-7-6-14(22)8-16(17)23/h2-8,10-11H,9H2,1H3,(H,25,27). The van der Waals surface area contributed by atoms with E-state index in [-0.39, 0.29) is 17.8 Å². The minimum Gasteiger partial charge on any atom is -0.322 e. The van der Waals surface area contributed by atoms with Crippen molar-refractivity contribution in [1.82, 2.24) is 9.55 Å². The second-order valence-electron chi connectivity index (χ2n) is 6.55. The summed E-state index contributed by atoms with van der Waals surface area (Å²) in [6.45, 7) is 1.63. The summed E-state index contributed by atoms with van der Waals surface area (Å²) in [6, 6.07) is 10.6. The molecule has 0 saturated heterocycles. The molecule has 0 saturated carbocycles. The van der Waals surface area contributed by atoms with Crippen LogP contribution in [0.5, 0.6) is 0 Å². The summed E-state index contributed by atoms with van der Waals surface area (Å²) in [4.78, 5) is 30.1. The summed E-state index contributed by atoms with van der Waals surface area (Å²) in [5, 5.41) is 4.64. The molecule has 0 fully saturated rings. The van der Waals surface area contributed by atoms with Crippen molar-refractivity contribution in [2.75, 3.05) is 5.32 Å². The molecule has 29 heavy (non-hydrogen) atoms. The second-order valence-corrected chi connectivity index (χ2v) is 7.40. The molecule has 5 nitrogen and oxygen atoms in total. The average Bonchev–Trinajstić information content (AvgIpc) is 3.12. The van der Waals surface area contributed by atoms with Gasteiger partial charge in [0.2, 0.25) is 5.91 Å². The number of carbonyl (C=O) groups is 1. The number of nitrogens with one attached hydrogen (secondary N) is 1. The van der Waals surface area contributed by atoms with Crippen molar-refractivity contribution in [3.8, 4) is 11.1 Å². The first-order valence-corrected chi connectivity index (χ1v) is 9.59. The fraction of sp³-hybridized carbons (Fsp3) is 0.0952. The van der Waals surface area contributed by atoms with Crippen LogP contribution in [-0.2, 0) is 11.3 Å². The zero-order valence-electron chi connectivity index (χ0n) is 15.3. The maximum Gasteiger partial charge on any atom is 0.263 e. The van der Waals surface area contributed by atoms with Crippen molar-refractivity contribution in [2.45, 2.75) is 13.5 Å². The summed E-state index contributed by atoms with van der Waals surface area (Å²) in [6.07, 6.45) is 1.29. The van der Waals surface area contributed by atoms with E-state index in [4.69, 9.17) is 0 Å². The predicted octanol–water partition coefficient (Wildman–Crippen LogP) is 4.35. The van der Waals surface area contributed by atoms with Crippen molar-refractivity contribution in [3.63, 3.8) is 0 Å². The molecule has 0 aliphatic carbocycles. The third-order valence-electron chi connectivity index (χ3n) is 4.44. The highest BCUT2D eigenvalue weighted by Gasteiger charge is 2.15. The molecule has 2 aromatic carbocycles. The second kappa shape index (κ2) is 7.56. The fourth-order valence-electron chi connectivity index (χ4n) is 2.96. The molecule has 146 valence electrons. The molecule has 2 heterocycles. The Hall–Kier alpha value is -3.39. The maximum atomic E-state index is 13.7. The first-order valence-electron chi connectivity index (χ1n) is 8.71. The van der Waals surface area contributed by atoms with E-state index in [0.29, 0.717) is 16.3 Å². The molecular formula is C21H15F2N3O2S. The third-order valence-corrected chi connectivity index (χ3v) is 5.33. The molecule has 0 aliphatic rings. The number of benzene rings is 2. The van der Waals surface area contributed by atoms with Gasteiger partial charge in [-0.25, -0.2) is 13.8 Å². The van der Waals surface area contributed by atoms with E-state index in [0.717, 1.165) is 28.8 Å². The maximum absolute atomic E-state index is 13.7. The summed E-state index contributed by atoms with van der Waals surface area (Å²) >= 11 is 1.35. The number of carbonyl (C=O) groups excluding carboxylic acids is 1. The lowest BCUT2D eigenvalue weighted by molar-refractivity contribution is -0.116. The van der Waals surface area contributed by atoms with Crippen LogP contribution in [0.15, 0.2) is 59.0 Å². The molecule has 1 N–H and O–H groups in total. The molecule has 8 heteroatoms. The van der Waals surface area contributed by atoms with Gasteiger partial charge in [0.1, 0.15) is 23.0 Å². The van der Waals surface area contributed by atoms with Crippen LogP contribution in [0.2, 0.25) is 0 Å². The van der Waals surface area contributed by atoms with Gasteiger partial charge in [0, 0.05) is 17.0 Å². The molecule has 4 rings (SSSR count). The smallest absolute Gasteiger partial charge is 0.263 e. The summed E-state index contributed by atoms with van der Waals surface area (Å²) in [5.74, 6) is -2.25. The van der Waals surface area contributed by atoms with Crippen molar-refractivity contribution in [2.24, 2.45) is 0 Å². The van der Waals surface area contributed by atoms with Crippen LogP contribution < -0.4 is 10.9 Å². The number of fused-ring (bicyclic) bond motifs is 1. The Kier molecular flexibility index (Phi) is 4.94. The zero-order chi connectivity index (χ0) is 20.5. The Morgan fingerprint density at radius 1 is 1.17 bits per heavy atom. The number of rotatable bonds is 4. The van der Waals surface area contributed by atoms with Crippen molar-refractivity contribution >= 4 is 33.1 Å². The molecule has 0 atom stereocenters. The van der Waals surface area contributed by atoms with E-state index < -0.39 is 17.5 Å². The van der Waals surface area contributed by atoms with Crippen LogP contribution in [0.3, 0.4) is 0 Å². The van der Waals surface area contributed by atoms with Gasteiger partial charge in [-0.2, -0.15) is 0 Å². The van der Waals surface area contributed by atoms with Crippen LogP contribution in [0.4, 0.5) is 14.5 Å². The van der Waals surface area contributed by atoms with E-state index in [1.807, 2.05) is 36.6 Å². The topological polar surface area (TPSA) is 64.0 Å². The van der Waals surface area contributed by atoms with Gasteiger partial charge in [-0.3, -0.25) is 14.2 Å². The molecule has 1 amide bonds. The van der Waals surface area contributed by atoms with E-state index in [2.05, 4.69) is 10.3 Å². The Bertz CT molecular complexity index is 1280. The number of aromatic nitrogens is 2. The van der Waals surface area contributed by atoms with Crippen LogP contribution >= 0.6 is 11.3 Å². The van der Waals surface area contributed by atoms with Gasteiger partial charge in [0.05, 0.1) is 17.4 Å². The minimum absolute atomic E-state index is 0.158. The highest BCUT2D eigenvalue weighted by molar-refractivity contribution is 7.17. The molecule has 0 bridgehead atoms. The van der Waals surface area contributed by atoms with E-state index in [9.17, 15) is 18.4 Å². The van der Waals surface area contributed by atoms with Crippen LogP contribution in [0.25, 0.3) is 21.3 Å². The van der Waals surface area contributed by atoms with Crippen molar-refractivity contribution < 1.29 is 13.6 Å². The lowest BCUT2D eigenvalue weighted by Crippen LogP contribution is -2.28. The van der Waals surface area contributed by atoms with Gasteiger partial charge < -0.3 is 5.32 Å². The van der Waals surface area contributed by atoms with E-state index >= 15 is 0 Å². The minimum atomic E-state index is -0.890. The van der Waals surface area contributed by atoms with Gasteiger partial charge in [-0.15, -0.1) is 11.3 Å². The van der Waals surface area contributed by atoms with Crippen molar-refractivity contribution in [1.29, 1.82) is 0 Å². The predicted molar refractivity (Wildman–Crippen MR) is 109 cm³/mol. The van der Waals surface area contributed by atoms with Crippen LogP contribution in [0, 0.1) is 18.6 Å². The third kappa shape index (κ3) is 3.79. The lowest BCUT2D eigenvalue weighted by Gasteiger charge is -2.08. The largest absolute Gasteiger partial charge is 0.322 e. The Morgan fingerprint density at radius 2 is 1.93 bits per heavy atom. The summed E-state index contributed by atoms with van der Waals surface area (Å²) in [5.41, 5.74) is 2.22. The zero-order valence-corrected chi connectivity index (χ0v) is 16.1. The van der Waals surface area contributed by atoms with Gasteiger partial charge in [-0.05, 0) is 24.6 Å². The number of halogens is 2. The normalized spacial score (nSPS) is 11.0. The number of anilines is 1. The number of aryl methyl sites for hydroxylation is 1. The van der Waals surface area contributed by atoms with E-state index in [1.165, 1.54) is 22.2 Å². The first kappa shape index (κ1) is 18.9. The van der Waals surface area contributed by atoms with Crippen LogP contribution in [0.1, 0.15) is 5.56 Å². The molecule has 0 spiro atoms.